The summed E-state index contributed by atoms with van der Waals surface area (Å²) in [6.07, 6.45) is 5.80. The van der Waals surface area contributed by atoms with Gasteiger partial charge in [0.05, 0.1) is 13.0 Å². The lowest BCUT2D eigenvalue weighted by molar-refractivity contribution is -0.153. The van der Waals surface area contributed by atoms with Gasteiger partial charge in [0.25, 0.3) is 5.91 Å². The zero-order chi connectivity index (χ0) is 22.2. The quantitative estimate of drug-likeness (QED) is 0.640. The Morgan fingerprint density at radius 2 is 1.84 bits per heavy atom. The lowest BCUT2D eigenvalue weighted by Gasteiger charge is -2.35. The van der Waals surface area contributed by atoms with Gasteiger partial charge in [-0.1, -0.05) is 20.3 Å². The zero-order valence-corrected chi connectivity index (χ0v) is 18.6. The van der Waals surface area contributed by atoms with Crippen LogP contribution >= 0.6 is 0 Å². The lowest BCUT2D eigenvalue weighted by atomic mass is 9.98. The van der Waals surface area contributed by atoms with Crippen LogP contribution in [-0.4, -0.2) is 54.5 Å². The van der Waals surface area contributed by atoms with Crippen LogP contribution < -0.4 is 10.1 Å². The van der Waals surface area contributed by atoms with Crippen LogP contribution in [0.5, 0.6) is 5.75 Å². The number of benzene rings is 1. The second kappa shape index (κ2) is 11.2. The molecule has 1 aromatic rings. The van der Waals surface area contributed by atoms with Gasteiger partial charge in [-0.15, -0.1) is 0 Å². The van der Waals surface area contributed by atoms with Crippen LogP contribution in [0.25, 0.3) is 0 Å². The van der Waals surface area contributed by atoms with E-state index in [1.165, 1.54) is 11.3 Å². The Morgan fingerprint density at radius 1 is 1.13 bits per heavy atom. The summed E-state index contributed by atoms with van der Waals surface area (Å²) in [7, 11) is 0. The largest absolute Gasteiger partial charge is 0.494 e. The van der Waals surface area contributed by atoms with Crippen molar-refractivity contribution in [1.82, 2.24) is 10.2 Å². The first-order chi connectivity index (χ1) is 14.9. The first-order valence-electron chi connectivity index (χ1n) is 11.4. The molecule has 7 heteroatoms. The summed E-state index contributed by atoms with van der Waals surface area (Å²) in [5, 5.41) is 2.76. The third-order valence-electron chi connectivity index (χ3n) is 5.87. The number of amides is 2. The van der Waals surface area contributed by atoms with Crippen LogP contribution in [0.2, 0.25) is 0 Å². The number of nitrogens with one attached hydrogen (secondary N) is 1. The minimum Gasteiger partial charge on any atom is -0.494 e. The van der Waals surface area contributed by atoms with Gasteiger partial charge in [0.1, 0.15) is 17.9 Å². The second-order valence-corrected chi connectivity index (χ2v) is 8.81. The molecule has 31 heavy (non-hydrogen) atoms. The third-order valence-corrected chi connectivity index (χ3v) is 5.87. The molecule has 1 aliphatic carbocycles. The summed E-state index contributed by atoms with van der Waals surface area (Å²) >= 11 is 0. The van der Waals surface area contributed by atoms with Crippen molar-refractivity contribution < 1.29 is 23.9 Å². The number of carbonyl (C=O) groups is 3. The number of carbonyl (C=O) groups excluding carboxylic acids is 3. The van der Waals surface area contributed by atoms with E-state index in [4.69, 9.17) is 9.47 Å². The fourth-order valence-corrected chi connectivity index (χ4v) is 4.01. The molecule has 0 radical (unpaired) electrons. The summed E-state index contributed by atoms with van der Waals surface area (Å²) in [5.41, 5.74) is 0.469. The molecule has 1 aliphatic heterocycles. The maximum Gasteiger partial charge on any atom is 0.308 e. The normalized spacial score (nSPS) is 19.8. The van der Waals surface area contributed by atoms with E-state index < -0.39 is 12.0 Å². The van der Waals surface area contributed by atoms with E-state index >= 15 is 0 Å². The molecule has 0 aromatic heterocycles. The number of rotatable bonds is 8. The summed E-state index contributed by atoms with van der Waals surface area (Å²) in [5.74, 6) is 0.280. The SMILES string of the molecule is CC(C)CCOc1ccc(C(=O)N2CCNC(=O)C2CC(=O)OC2CCCCC2)cc1. The highest BCUT2D eigenvalue weighted by molar-refractivity contribution is 5.99. The highest BCUT2D eigenvalue weighted by Crippen LogP contribution is 2.22. The molecule has 0 bridgehead atoms. The van der Waals surface area contributed by atoms with E-state index in [9.17, 15) is 14.4 Å². The molecule has 1 saturated heterocycles. The van der Waals surface area contributed by atoms with E-state index in [1.807, 2.05) is 0 Å². The standard InChI is InChI=1S/C24H34N2O5/c1-17(2)12-15-30-19-10-8-18(9-11-19)24(29)26-14-13-25-23(28)21(26)16-22(27)31-20-6-4-3-5-7-20/h8-11,17,20-21H,3-7,12-16H2,1-2H3,(H,25,28). The van der Waals surface area contributed by atoms with Gasteiger partial charge in [0.15, 0.2) is 0 Å². The number of nitrogens with zero attached hydrogens (tertiary/aromatic N) is 1. The predicted octanol–water partition coefficient (Wildman–Crippen LogP) is 3.32. The van der Waals surface area contributed by atoms with Gasteiger partial charge in [0.2, 0.25) is 5.91 Å². The van der Waals surface area contributed by atoms with Crippen molar-refractivity contribution in [2.24, 2.45) is 5.92 Å². The predicted molar refractivity (Wildman–Crippen MR) is 117 cm³/mol. The van der Waals surface area contributed by atoms with Crippen molar-refractivity contribution in [2.45, 2.75) is 70.9 Å². The van der Waals surface area contributed by atoms with Crippen molar-refractivity contribution in [3.63, 3.8) is 0 Å². The van der Waals surface area contributed by atoms with Crippen LogP contribution in [0.3, 0.4) is 0 Å². The highest BCUT2D eigenvalue weighted by atomic mass is 16.5. The Morgan fingerprint density at radius 3 is 2.52 bits per heavy atom. The molecule has 1 heterocycles. The Balaban J connectivity index is 1.60. The van der Waals surface area contributed by atoms with Crippen molar-refractivity contribution in [2.75, 3.05) is 19.7 Å². The minimum absolute atomic E-state index is 0.0692. The Bertz CT molecular complexity index is 756. The molecular weight excluding hydrogens is 396 g/mol. The van der Waals surface area contributed by atoms with E-state index in [-0.39, 0.29) is 24.3 Å². The minimum atomic E-state index is -0.848. The van der Waals surface area contributed by atoms with Gasteiger partial charge in [0, 0.05) is 18.7 Å². The third kappa shape index (κ3) is 6.71. The van der Waals surface area contributed by atoms with Crippen molar-refractivity contribution in [3.8, 4) is 5.75 Å². The fourth-order valence-electron chi connectivity index (χ4n) is 4.01. The molecule has 2 fully saturated rings. The molecule has 3 rings (SSSR count). The average Bonchev–Trinajstić information content (AvgIpc) is 2.75. The van der Waals surface area contributed by atoms with Crippen LogP contribution in [0.15, 0.2) is 24.3 Å². The van der Waals surface area contributed by atoms with Crippen LogP contribution in [-0.2, 0) is 14.3 Å². The molecule has 2 amide bonds. The average molecular weight is 431 g/mol. The van der Waals surface area contributed by atoms with Gasteiger partial charge >= 0.3 is 5.97 Å². The van der Waals surface area contributed by atoms with Crippen molar-refractivity contribution >= 4 is 17.8 Å². The fraction of sp³-hybridized carbons (Fsp3) is 0.625. The van der Waals surface area contributed by atoms with Gasteiger partial charge in [-0.2, -0.15) is 0 Å². The van der Waals surface area contributed by atoms with Crippen molar-refractivity contribution in [3.05, 3.63) is 29.8 Å². The smallest absolute Gasteiger partial charge is 0.308 e. The Labute approximate surface area is 184 Å². The van der Waals surface area contributed by atoms with Crippen LogP contribution in [0, 0.1) is 5.92 Å². The maximum absolute atomic E-state index is 13.1. The Kier molecular flexibility index (Phi) is 8.32. The van der Waals surface area contributed by atoms with E-state index in [2.05, 4.69) is 19.2 Å². The van der Waals surface area contributed by atoms with E-state index in [0.717, 1.165) is 32.1 Å². The summed E-state index contributed by atoms with van der Waals surface area (Å²) in [4.78, 5) is 39.5. The lowest BCUT2D eigenvalue weighted by Crippen LogP contribution is -2.58. The first kappa shape index (κ1) is 23.1. The maximum atomic E-state index is 13.1. The van der Waals surface area contributed by atoms with Crippen LogP contribution in [0.1, 0.15) is 69.2 Å². The molecule has 1 aromatic carbocycles. The van der Waals surface area contributed by atoms with E-state index in [1.54, 1.807) is 24.3 Å². The summed E-state index contributed by atoms with van der Waals surface area (Å²) < 4.78 is 11.3. The van der Waals surface area contributed by atoms with E-state index in [0.29, 0.717) is 36.9 Å². The van der Waals surface area contributed by atoms with Crippen LogP contribution in [0.4, 0.5) is 0 Å². The monoisotopic (exact) mass is 430 g/mol. The van der Waals surface area contributed by atoms with Gasteiger partial charge < -0.3 is 19.7 Å². The van der Waals surface area contributed by atoms with Gasteiger partial charge in [-0.3, -0.25) is 14.4 Å². The molecule has 170 valence electrons. The van der Waals surface area contributed by atoms with Crippen molar-refractivity contribution in [1.29, 1.82) is 0 Å². The molecule has 1 unspecified atom stereocenters. The Hall–Kier alpha value is -2.57. The zero-order valence-electron chi connectivity index (χ0n) is 18.6. The second-order valence-electron chi connectivity index (χ2n) is 8.81. The summed E-state index contributed by atoms with van der Waals surface area (Å²) in [6, 6.07) is 6.10. The molecule has 1 N–H and O–H groups in total. The molecule has 2 aliphatic rings. The number of hydrogen-bond acceptors (Lipinski definition) is 5. The van der Waals surface area contributed by atoms with Gasteiger partial charge in [-0.05, 0) is 62.3 Å². The number of ether oxygens (including phenoxy) is 2. The molecular formula is C24H34N2O5. The number of piperazine rings is 1. The molecule has 1 saturated carbocycles. The van der Waals surface area contributed by atoms with Gasteiger partial charge in [-0.25, -0.2) is 0 Å². The molecule has 0 spiro atoms. The molecule has 1 atom stereocenters. The topological polar surface area (TPSA) is 84.9 Å². The summed E-state index contributed by atoms with van der Waals surface area (Å²) in [6.45, 7) is 5.64. The number of hydrogen-bond donors (Lipinski definition) is 1. The first-order valence-corrected chi connectivity index (χ1v) is 11.4. The highest BCUT2D eigenvalue weighted by Gasteiger charge is 2.36. The molecule has 7 nitrogen and oxygen atoms in total. The number of esters is 1.